The summed E-state index contributed by atoms with van der Waals surface area (Å²) in [6, 6.07) is 13.7. The van der Waals surface area contributed by atoms with Crippen LogP contribution < -0.4 is 10.1 Å². The predicted molar refractivity (Wildman–Crippen MR) is 124 cm³/mol. The number of hydrogen-bond donors (Lipinski definition) is 1. The molecule has 3 rings (SSSR count). The van der Waals surface area contributed by atoms with E-state index in [0.717, 1.165) is 61.0 Å². The largest absolute Gasteiger partial charge is 0.497 e. The van der Waals surface area contributed by atoms with Gasteiger partial charge >= 0.3 is 6.03 Å². The second-order valence-corrected chi connectivity index (χ2v) is 8.61. The van der Waals surface area contributed by atoms with E-state index in [1.807, 2.05) is 44.3 Å². The molecule has 1 fully saturated rings. The van der Waals surface area contributed by atoms with Gasteiger partial charge in [0.2, 0.25) is 0 Å². The fourth-order valence-corrected chi connectivity index (χ4v) is 4.15. The molecule has 1 atom stereocenters. The van der Waals surface area contributed by atoms with E-state index in [0.29, 0.717) is 5.92 Å². The second-order valence-electron chi connectivity index (χ2n) is 8.18. The van der Waals surface area contributed by atoms with Crippen molar-refractivity contribution in [1.82, 2.24) is 9.80 Å². The third kappa shape index (κ3) is 6.38. The van der Waals surface area contributed by atoms with Gasteiger partial charge in [-0.1, -0.05) is 23.7 Å². The molecule has 1 aliphatic rings. The van der Waals surface area contributed by atoms with Crippen LogP contribution in [0, 0.1) is 12.8 Å². The number of piperidine rings is 1. The first kappa shape index (κ1) is 22.4. The number of carbonyl (C=O) groups excluding carboxylic acids is 1. The zero-order valence-electron chi connectivity index (χ0n) is 18.2. The Morgan fingerprint density at radius 3 is 2.73 bits per heavy atom. The number of halogens is 1. The van der Waals surface area contributed by atoms with Gasteiger partial charge in [-0.2, -0.15) is 0 Å². The van der Waals surface area contributed by atoms with E-state index < -0.39 is 0 Å². The average molecular weight is 430 g/mol. The summed E-state index contributed by atoms with van der Waals surface area (Å²) in [5.41, 5.74) is 3.12. The standard InChI is InChI=1S/C24H32ClN3O2/c1-18-15-22(30-3)10-11-23(18)26-24(29)27(2)16-20-5-4-13-28(17-20)14-12-19-6-8-21(25)9-7-19/h6-11,15,20H,4-5,12-14,16-17H2,1-3H3,(H,26,29). The van der Waals surface area contributed by atoms with Crippen molar-refractivity contribution in [3.05, 3.63) is 58.6 Å². The van der Waals surface area contributed by atoms with Gasteiger partial charge < -0.3 is 19.9 Å². The number of benzene rings is 2. The number of nitrogens with zero attached hydrogens (tertiary/aromatic N) is 2. The minimum absolute atomic E-state index is 0.0680. The number of urea groups is 1. The Bertz CT molecular complexity index is 841. The van der Waals surface area contributed by atoms with E-state index in [2.05, 4.69) is 22.3 Å². The molecule has 2 aromatic rings. The fraction of sp³-hybridized carbons (Fsp3) is 0.458. The molecule has 1 aliphatic heterocycles. The maximum atomic E-state index is 12.7. The molecule has 1 heterocycles. The lowest BCUT2D eigenvalue weighted by Gasteiger charge is -2.34. The minimum atomic E-state index is -0.0680. The summed E-state index contributed by atoms with van der Waals surface area (Å²) in [6.07, 6.45) is 3.37. The van der Waals surface area contributed by atoms with Crippen LogP contribution in [0.4, 0.5) is 10.5 Å². The normalized spacial score (nSPS) is 16.9. The Morgan fingerprint density at radius 1 is 1.27 bits per heavy atom. The molecule has 162 valence electrons. The maximum absolute atomic E-state index is 12.7. The average Bonchev–Trinajstić information content (AvgIpc) is 2.75. The first-order valence-electron chi connectivity index (χ1n) is 10.6. The van der Waals surface area contributed by atoms with Crippen LogP contribution in [0.25, 0.3) is 0 Å². The monoisotopic (exact) mass is 429 g/mol. The highest BCUT2D eigenvalue weighted by atomic mass is 35.5. The van der Waals surface area contributed by atoms with Crippen molar-refractivity contribution in [3.8, 4) is 5.75 Å². The number of amides is 2. The molecule has 2 aromatic carbocycles. The predicted octanol–water partition coefficient (Wildman–Crippen LogP) is 5.08. The molecule has 0 aromatic heterocycles. The Labute approximate surface area is 185 Å². The molecule has 0 spiro atoms. The Balaban J connectivity index is 1.47. The van der Waals surface area contributed by atoms with E-state index in [1.54, 1.807) is 12.0 Å². The van der Waals surface area contributed by atoms with Gasteiger partial charge in [0.15, 0.2) is 0 Å². The van der Waals surface area contributed by atoms with Gasteiger partial charge in [-0.05, 0) is 80.1 Å². The quantitative estimate of drug-likeness (QED) is 0.667. The molecule has 0 radical (unpaired) electrons. The summed E-state index contributed by atoms with van der Waals surface area (Å²) in [5, 5.41) is 3.80. The Hall–Kier alpha value is -2.24. The zero-order valence-corrected chi connectivity index (χ0v) is 18.9. The highest BCUT2D eigenvalue weighted by Gasteiger charge is 2.23. The van der Waals surface area contributed by atoms with Gasteiger partial charge in [0.1, 0.15) is 5.75 Å². The van der Waals surface area contributed by atoms with Gasteiger partial charge in [0.05, 0.1) is 7.11 Å². The summed E-state index contributed by atoms with van der Waals surface area (Å²) in [4.78, 5) is 17.0. The molecule has 5 nitrogen and oxygen atoms in total. The molecule has 30 heavy (non-hydrogen) atoms. The molecule has 1 N–H and O–H groups in total. The topological polar surface area (TPSA) is 44.8 Å². The molecule has 0 saturated carbocycles. The van der Waals surface area contributed by atoms with Crippen molar-refractivity contribution >= 4 is 23.3 Å². The fourth-order valence-electron chi connectivity index (χ4n) is 4.03. The van der Waals surface area contributed by atoms with Crippen molar-refractivity contribution < 1.29 is 9.53 Å². The number of anilines is 1. The number of nitrogens with one attached hydrogen (secondary N) is 1. The first-order valence-corrected chi connectivity index (χ1v) is 11.0. The van der Waals surface area contributed by atoms with Crippen molar-refractivity contribution in [2.24, 2.45) is 5.92 Å². The van der Waals surface area contributed by atoms with Gasteiger partial charge in [0, 0.05) is 37.4 Å². The van der Waals surface area contributed by atoms with Crippen molar-refractivity contribution in [2.75, 3.05) is 45.7 Å². The second kappa shape index (κ2) is 10.7. The molecule has 0 bridgehead atoms. The Kier molecular flexibility index (Phi) is 8.00. The lowest BCUT2D eigenvalue weighted by atomic mass is 9.97. The molecular formula is C24H32ClN3O2. The third-order valence-electron chi connectivity index (χ3n) is 5.79. The smallest absolute Gasteiger partial charge is 0.321 e. The number of rotatable bonds is 7. The van der Waals surface area contributed by atoms with Crippen molar-refractivity contribution in [1.29, 1.82) is 0 Å². The van der Waals surface area contributed by atoms with Crippen LogP contribution in [0.15, 0.2) is 42.5 Å². The van der Waals surface area contributed by atoms with Crippen molar-refractivity contribution in [2.45, 2.75) is 26.2 Å². The van der Waals surface area contributed by atoms with E-state index in [9.17, 15) is 4.79 Å². The SMILES string of the molecule is COc1ccc(NC(=O)N(C)CC2CCCN(CCc3ccc(Cl)cc3)C2)c(C)c1. The molecular weight excluding hydrogens is 398 g/mol. The Morgan fingerprint density at radius 2 is 2.03 bits per heavy atom. The molecule has 6 heteroatoms. The van der Waals surface area contributed by atoms with Crippen LogP contribution in [-0.4, -0.2) is 56.2 Å². The van der Waals surface area contributed by atoms with E-state index in [4.69, 9.17) is 16.3 Å². The molecule has 0 aliphatic carbocycles. The van der Waals surface area contributed by atoms with E-state index in [-0.39, 0.29) is 6.03 Å². The summed E-state index contributed by atoms with van der Waals surface area (Å²) in [7, 11) is 3.52. The minimum Gasteiger partial charge on any atom is -0.497 e. The zero-order chi connectivity index (χ0) is 21.5. The van der Waals surface area contributed by atoms with Gasteiger partial charge in [0.25, 0.3) is 0 Å². The lowest BCUT2D eigenvalue weighted by Crippen LogP contribution is -2.43. The van der Waals surface area contributed by atoms with E-state index >= 15 is 0 Å². The highest BCUT2D eigenvalue weighted by molar-refractivity contribution is 6.30. The molecule has 2 amide bonds. The summed E-state index contributed by atoms with van der Waals surface area (Å²) >= 11 is 5.97. The van der Waals surface area contributed by atoms with Crippen LogP contribution in [-0.2, 0) is 6.42 Å². The van der Waals surface area contributed by atoms with E-state index in [1.165, 1.54) is 12.0 Å². The van der Waals surface area contributed by atoms with Crippen LogP contribution in [0.2, 0.25) is 5.02 Å². The van der Waals surface area contributed by atoms with Crippen molar-refractivity contribution in [3.63, 3.8) is 0 Å². The molecule has 1 saturated heterocycles. The summed E-state index contributed by atoms with van der Waals surface area (Å²) in [6.45, 7) is 5.94. The lowest BCUT2D eigenvalue weighted by molar-refractivity contribution is 0.150. The maximum Gasteiger partial charge on any atom is 0.321 e. The van der Waals surface area contributed by atoms with Gasteiger partial charge in [-0.15, -0.1) is 0 Å². The van der Waals surface area contributed by atoms with Crippen LogP contribution in [0.1, 0.15) is 24.0 Å². The summed E-state index contributed by atoms with van der Waals surface area (Å²) in [5.74, 6) is 1.29. The van der Waals surface area contributed by atoms with Crippen LogP contribution >= 0.6 is 11.6 Å². The highest BCUT2D eigenvalue weighted by Crippen LogP contribution is 2.22. The third-order valence-corrected chi connectivity index (χ3v) is 6.04. The number of carbonyl (C=O) groups is 1. The number of methoxy groups -OCH3 is 1. The van der Waals surface area contributed by atoms with Gasteiger partial charge in [-0.25, -0.2) is 4.79 Å². The number of ether oxygens (including phenoxy) is 1. The number of hydrogen-bond acceptors (Lipinski definition) is 3. The molecule has 1 unspecified atom stereocenters. The summed E-state index contributed by atoms with van der Waals surface area (Å²) < 4.78 is 5.23. The number of aryl methyl sites for hydroxylation is 1. The van der Waals surface area contributed by atoms with Crippen LogP contribution in [0.3, 0.4) is 0 Å². The van der Waals surface area contributed by atoms with Gasteiger partial charge in [-0.3, -0.25) is 0 Å². The first-order chi connectivity index (χ1) is 14.4. The van der Waals surface area contributed by atoms with Crippen LogP contribution in [0.5, 0.6) is 5.75 Å². The number of likely N-dealkylation sites (tertiary alicyclic amines) is 1.